The van der Waals surface area contributed by atoms with Gasteiger partial charge in [0.15, 0.2) is 11.6 Å². The van der Waals surface area contributed by atoms with Gasteiger partial charge in [-0.15, -0.1) is 0 Å². The summed E-state index contributed by atoms with van der Waals surface area (Å²) in [6.07, 6.45) is 4.90. The van der Waals surface area contributed by atoms with E-state index in [1.165, 1.54) is 0 Å². The summed E-state index contributed by atoms with van der Waals surface area (Å²) in [5.74, 6) is 1.42. The number of rotatable bonds is 4. The highest BCUT2D eigenvalue weighted by Crippen LogP contribution is 2.30. The van der Waals surface area contributed by atoms with Crippen molar-refractivity contribution < 1.29 is 9.53 Å². The van der Waals surface area contributed by atoms with Crippen molar-refractivity contribution in [3.63, 3.8) is 0 Å². The number of aromatic nitrogens is 4. The Morgan fingerprint density at radius 2 is 2.30 bits per heavy atom. The largest absolute Gasteiger partial charge is 0.377 e. The molecule has 0 saturated carbocycles. The number of methoxy groups -OCH3 is 1. The summed E-state index contributed by atoms with van der Waals surface area (Å²) in [4.78, 5) is 19.4. The monoisotopic (exact) mass is 317 g/mol. The third-order valence-corrected chi connectivity index (χ3v) is 4.37. The molecule has 124 valence electrons. The van der Waals surface area contributed by atoms with E-state index in [9.17, 15) is 4.79 Å². The van der Waals surface area contributed by atoms with Crippen LogP contribution in [0, 0.1) is 6.92 Å². The lowest BCUT2D eigenvalue weighted by molar-refractivity contribution is 0.0589. The van der Waals surface area contributed by atoms with Crippen LogP contribution in [-0.2, 0) is 18.4 Å². The number of nitrogens with zero attached hydrogens (tertiary/aromatic N) is 4. The first-order valence-corrected chi connectivity index (χ1v) is 7.95. The predicted octanol–water partition coefficient (Wildman–Crippen LogP) is 1.97. The van der Waals surface area contributed by atoms with E-state index < -0.39 is 0 Å². The quantitative estimate of drug-likeness (QED) is 0.935. The molecule has 1 saturated heterocycles. The van der Waals surface area contributed by atoms with Crippen LogP contribution in [0.1, 0.15) is 53.0 Å². The van der Waals surface area contributed by atoms with Crippen molar-refractivity contribution in [2.24, 2.45) is 7.05 Å². The van der Waals surface area contributed by atoms with Crippen molar-refractivity contribution in [3.05, 3.63) is 35.2 Å². The highest BCUT2D eigenvalue weighted by atomic mass is 16.5. The van der Waals surface area contributed by atoms with Gasteiger partial charge >= 0.3 is 0 Å². The molecule has 1 aliphatic heterocycles. The van der Waals surface area contributed by atoms with Gasteiger partial charge in [-0.25, -0.2) is 4.98 Å². The van der Waals surface area contributed by atoms with Crippen LogP contribution in [0.2, 0.25) is 0 Å². The molecule has 23 heavy (non-hydrogen) atoms. The van der Waals surface area contributed by atoms with Crippen molar-refractivity contribution in [1.29, 1.82) is 0 Å². The van der Waals surface area contributed by atoms with Crippen LogP contribution >= 0.6 is 0 Å². The normalized spacial score (nSPS) is 18.4. The van der Waals surface area contributed by atoms with Crippen LogP contribution in [0.5, 0.6) is 0 Å². The van der Waals surface area contributed by atoms with E-state index in [-0.39, 0.29) is 11.9 Å². The van der Waals surface area contributed by atoms with Gasteiger partial charge in [0.2, 0.25) is 0 Å². The summed E-state index contributed by atoms with van der Waals surface area (Å²) < 4.78 is 6.96. The summed E-state index contributed by atoms with van der Waals surface area (Å²) in [7, 11) is 3.53. The number of amides is 1. The van der Waals surface area contributed by atoms with Crippen molar-refractivity contribution in [2.45, 2.75) is 38.8 Å². The number of piperidine rings is 1. The Morgan fingerprint density at radius 3 is 3.00 bits per heavy atom. The molecular formula is C16H23N5O2. The second kappa shape index (κ2) is 6.54. The van der Waals surface area contributed by atoms with E-state index >= 15 is 0 Å². The summed E-state index contributed by atoms with van der Waals surface area (Å²) in [6.45, 7) is 3.10. The van der Waals surface area contributed by atoms with Crippen LogP contribution < -0.4 is 0 Å². The van der Waals surface area contributed by atoms with Gasteiger partial charge in [-0.3, -0.25) is 9.89 Å². The molecule has 7 nitrogen and oxygen atoms in total. The number of carbonyl (C=O) groups excluding carboxylic acids is 1. The molecule has 1 amide bonds. The van der Waals surface area contributed by atoms with Gasteiger partial charge in [0.1, 0.15) is 12.3 Å². The number of carbonyl (C=O) groups is 1. The minimum atomic E-state index is -0.0765. The molecule has 2 aromatic heterocycles. The SMILES string of the molecule is COCc1nc([C@@H]2CCCCN2C(=O)c2c(C)ccn2C)n[nH]1. The topological polar surface area (TPSA) is 76.0 Å². The summed E-state index contributed by atoms with van der Waals surface area (Å²) >= 11 is 0. The molecule has 3 rings (SSSR count). The van der Waals surface area contributed by atoms with Crippen LogP contribution in [-0.4, -0.2) is 44.2 Å². The molecule has 0 unspecified atom stereocenters. The molecule has 1 N–H and O–H groups in total. The van der Waals surface area contributed by atoms with E-state index in [2.05, 4.69) is 15.2 Å². The van der Waals surface area contributed by atoms with Gasteiger partial charge in [0.05, 0.1) is 6.04 Å². The van der Waals surface area contributed by atoms with Crippen LogP contribution in [0.3, 0.4) is 0 Å². The van der Waals surface area contributed by atoms with E-state index in [4.69, 9.17) is 4.74 Å². The van der Waals surface area contributed by atoms with Gasteiger partial charge in [0, 0.05) is 26.9 Å². The van der Waals surface area contributed by atoms with Gasteiger partial charge < -0.3 is 14.2 Å². The number of hydrogen-bond acceptors (Lipinski definition) is 4. The van der Waals surface area contributed by atoms with Crippen molar-refractivity contribution in [3.8, 4) is 0 Å². The fourth-order valence-electron chi connectivity index (χ4n) is 3.21. The van der Waals surface area contributed by atoms with Crippen molar-refractivity contribution >= 4 is 5.91 Å². The fourth-order valence-corrected chi connectivity index (χ4v) is 3.21. The Balaban J connectivity index is 1.87. The zero-order chi connectivity index (χ0) is 16.4. The highest BCUT2D eigenvalue weighted by Gasteiger charge is 2.32. The predicted molar refractivity (Wildman–Crippen MR) is 84.9 cm³/mol. The summed E-state index contributed by atoms with van der Waals surface area (Å²) in [6, 6.07) is 1.89. The van der Waals surface area contributed by atoms with Gasteiger partial charge in [-0.05, 0) is 37.8 Å². The zero-order valence-electron chi connectivity index (χ0n) is 13.9. The maximum Gasteiger partial charge on any atom is 0.271 e. The molecule has 0 aromatic carbocycles. The lowest BCUT2D eigenvalue weighted by Gasteiger charge is -2.34. The maximum absolute atomic E-state index is 13.0. The maximum atomic E-state index is 13.0. The zero-order valence-corrected chi connectivity index (χ0v) is 13.9. The standard InChI is InChI=1S/C16H23N5O2/c1-11-7-9-20(2)14(11)16(22)21-8-5-4-6-12(21)15-17-13(10-23-3)18-19-15/h7,9,12H,4-6,8,10H2,1-3H3,(H,17,18,19)/t12-/m0/s1. The molecule has 0 radical (unpaired) electrons. The van der Waals surface area contributed by atoms with Gasteiger partial charge in [-0.2, -0.15) is 5.10 Å². The molecule has 1 aliphatic rings. The van der Waals surface area contributed by atoms with Gasteiger partial charge in [-0.1, -0.05) is 0 Å². The number of likely N-dealkylation sites (tertiary alicyclic amines) is 1. The van der Waals surface area contributed by atoms with E-state index in [0.717, 1.165) is 37.1 Å². The first-order chi connectivity index (χ1) is 11.1. The minimum Gasteiger partial charge on any atom is -0.377 e. The Morgan fingerprint density at radius 1 is 1.48 bits per heavy atom. The number of hydrogen-bond donors (Lipinski definition) is 1. The first kappa shape index (κ1) is 15.7. The molecule has 0 aliphatic carbocycles. The Hall–Kier alpha value is -2.15. The van der Waals surface area contributed by atoms with Crippen LogP contribution in [0.25, 0.3) is 0 Å². The molecule has 2 aromatic rings. The third-order valence-electron chi connectivity index (χ3n) is 4.37. The van der Waals surface area contributed by atoms with Gasteiger partial charge in [0.25, 0.3) is 5.91 Å². The lowest BCUT2D eigenvalue weighted by Crippen LogP contribution is -2.40. The van der Waals surface area contributed by atoms with Crippen LogP contribution in [0.15, 0.2) is 12.3 Å². The smallest absolute Gasteiger partial charge is 0.271 e. The Labute approximate surface area is 135 Å². The fraction of sp³-hybridized carbons (Fsp3) is 0.562. The molecule has 0 spiro atoms. The summed E-state index contributed by atoms with van der Waals surface area (Å²) in [5.41, 5.74) is 1.74. The number of aryl methyl sites for hydroxylation is 2. The Kier molecular flexibility index (Phi) is 4.47. The number of nitrogens with one attached hydrogen (secondary N) is 1. The average molecular weight is 317 g/mol. The molecule has 1 fully saturated rings. The number of aromatic amines is 1. The number of H-pyrrole nitrogens is 1. The Bertz CT molecular complexity index is 671. The van der Waals surface area contributed by atoms with E-state index in [1.807, 2.05) is 35.7 Å². The van der Waals surface area contributed by atoms with Crippen molar-refractivity contribution in [2.75, 3.05) is 13.7 Å². The third kappa shape index (κ3) is 3.01. The average Bonchev–Trinajstić information content (AvgIpc) is 3.14. The molecule has 0 bridgehead atoms. The van der Waals surface area contributed by atoms with E-state index in [1.54, 1.807) is 7.11 Å². The second-order valence-corrected chi connectivity index (χ2v) is 6.04. The van der Waals surface area contributed by atoms with Crippen molar-refractivity contribution in [1.82, 2.24) is 24.6 Å². The lowest BCUT2D eigenvalue weighted by atomic mass is 10.0. The highest BCUT2D eigenvalue weighted by molar-refractivity contribution is 5.94. The summed E-state index contributed by atoms with van der Waals surface area (Å²) in [5, 5.41) is 7.19. The first-order valence-electron chi connectivity index (χ1n) is 7.95. The molecule has 3 heterocycles. The molecule has 7 heteroatoms. The minimum absolute atomic E-state index is 0.0535. The van der Waals surface area contributed by atoms with E-state index in [0.29, 0.717) is 18.3 Å². The molecule has 1 atom stereocenters. The number of ether oxygens (including phenoxy) is 1. The molecular weight excluding hydrogens is 294 g/mol. The van der Waals surface area contributed by atoms with Crippen LogP contribution in [0.4, 0.5) is 0 Å². The second-order valence-electron chi connectivity index (χ2n) is 6.04.